The number of hydrogen-bond donors (Lipinski definition) is 2. The van der Waals surface area contributed by atoms with Gasteiger partial charge in [0.25, 0.3) is 0 Å². The SMILES string of the molecule is CNc1cccc(C(N)c2c(C)c(C)cc(C)c2C)c1. The fourth-order valence-corrected chi connectivity index (χ4v) is 2.77. The minimum Gasteiger partial charge on any atom is -0.388 e. The Bertz CT molecular complexity index is 603. The van der Waals surface area contributed by atoms with Crippen molar-refractivity contribution in [1.29, 1.82) is 0 Å². The average molecular weight is 268 g/mol. The number of aryl methyl sites for hydroxylation is 2. The maximum atomic E-state index is 6.55. The second kappa shape index (κ2) is 5.68. The fourth-order valence-electron chi connectivity index (χ4n) is 2.77. The van der Waals surface area contributed by atoms with Crippen molar-refractivity contribution in [2.45, 2.75) is 33.7 Å². The van der Waals surface area contributed by atoms with Crippen LogP contribution in [0, 0.1) is 27.7 Å². The van der Waals surface area contributed by atoms with Crippen molar-refractivity contribution in [3.8, 4) is 0 Å². The van der Waals surface area contributed by atoms with Gasteiger partial charge < -0.3 is 11.1 Å². The zero-order valence-electron chi connectivity index (χ0n) is 13.0. The number of nitrogens with one attached hydrogen (secondary N) is 1. The van der Waals surface area contributed by atoms with Crippen LogP contribution in [0.4, 0.5) is 5.69 Å². The van der Waals surface area contributed by atoms with Gasteiger partial charge in [-0.25, -0.2) is 0 Å². The summed E-state index contributed by atoms with van der Waals surface area (Å²) in [4.78, 5) is 0. The molecule has 0 heterocycles. The molecule has 20 heavy (non-hydrogen) atoms. The van der Waals surface area contributed by atoms with E-state index in [0.717, 1.165) is 11.3 Å². The topological polar surface area (TPSA) is 38.0 Å². The summed E-state index contributed by atoms with van der Waals surface area (Å²) in [7, 11) is 1.93. The largest absolute Gasteiger partial charge is 0.388 e. The lowest BCUT2D eigenvalue weighted by atomic mass is 9.87. The molecule has 2 heteroatoms. The van der Waals surface area contributed by atoms with E-state index >= 15 is 0 Å². The summed E-state index contributed by atoms with van der Waals surface area (Å²) in [6.07, 6.45) is 0. The first-order chi connectivity index (χ1) is 9.45. The van der Waals surface area contributed by atoms with E-state index in [2.05, 4.69) is 57.3 Å². The van der Waals surface area contributed by atoms with Crippen LogP contribution >= 0.6 is 0 Å². The number of rotatable bonds is 3. The zero-order chi connectivity index (χ0) is 14.9. The van der Waals surface area contributed by atoms with Crippen molar-refractivity contribution in [2.75, 3.05) is 12.4 Å². The van der Waals surface area contributed by atoms with Crippen molar-refractivity contribution < 1.29 is 0 Å². The lowest BCUT2D eigenvalue weighted by molar-refractivity contribution is 0.845. The van der Waals surface area contributed by atoms with Gasteiger partial charge in [-0.3, -0.25) is 0 Å². The fraction of sp³-hybridized carbons (Fsp3) is 0.333. The molecule has 2 aromatic carbocycles. The van der Waals surface area contributed by atoms with E-state index in [-0.39, 0.29) is 6.04 Å². The second-order valence-electron chi connectivity index (χ2n) is 5.53. The molecule has 1 atom stereocenters. The van der Waals surface area contributed by atoms with Crippen LogP contribution < -0.4 is 11.1 Å². The molecule has 0 spiro atoms. The van der Waals surface area contributed by atoms with E-state index in [1.165, 1.54) is 27.8 Å². The molecule has 2 nitrogen and oxygen atoms in total. The first kappa shape index (κ1) is 14.6. The molecule has 0 aliphatic heterocycles. The molecule has 2 aromatic rings. The molecule has 0 aromatic heterocycles. The Morgan fingerprint density at radius 2 is 1.55 bits per heavy atom. The Kier molecular flexibility index (Phi) is 4.15. The van der Waals surface area contributed by atoms with Crippen LogP contribution in [0.25, 0.3) is 0 Å². The first-order valence-electron chi connectivity index (χ1n) is 7.06. The predicted molar refractivity (Wildman–Crippen MR) is 87.4 cm³/mol. The summed E-state index contributed by atoms with van der Waals surface area (Å²) in [5.41, 5.74) is 15.3. The van der Waals surface area contributed by atoms with Gasteiger partial charge in [0.1, 0.15) is 0 Å². The average Bonchev–Trinajstić information content (AvgIpc) is 2.45. The molecular weight excluding hydrogens is 244 g/mol. The minimum atomic E-state index is -0.0816. The molecular formula is C18H24N2. The van der Waals surface area contributed by atoms with Gasteiger partial charge in [0.05, 0.1) is 6.04 Å². The quantitative estimate of drug-likeness (QED) is 0.882. The maximum absolute atomic E-state index is 6.55. The number of benzene rings is 2. The molecule has 106 valence electrons. The monoisotopic (exact) mass is 268 g/mol. The highest BCUT2D eigenvalue weighted by Crippen LogP contribution is 2.30. The number of anilines is 1. The van der Waals surface area contributed by atoms with Crippen LogP contribution in [0.15, 0.2) is 30.3 Å². The first-order valence-corrected chi connectivity index (χ1v) is 7.06. The van der Waals surface area contributed by atoms with Gasteiger partial charge in [-0.2, -0.15) is 0 Å². The Labute approximate surface area is 122 Å². The van der Waals surface area contributed by atoms with Gasteiger partial charge >= 0.3 is 0 Å². The molecule has 0 fully saturated rings. The van der Waals surface area contributed by atoms with E-state index in [1.807, 2.05) is 13.1 Å². The minimum absolute atomic E-state index is 0.0816. The maximum Gasteiger partial charge on any atom is 0.0557 e. The highest BCUT2D eigenvalue weighted by Gasteiger charge is 2.17. The van der Waals surface area contributed by atoms with E-state index in [4.69, 9.17) is 5.73 Å². The van der Waals surface area contributed by atoms with E-state index in [9.17, 15) is 0 Å². The number of hydrogen-bond acceptors (Lipinski definition) is 2. The van der Waals surface area contributed by atoms with Gasteiger partial charge in [-0.05, 0) is 73.2 Å². The third kappa shape index (κ3) is 2.56. The highest BCUT2D eigenvalue weighted by molar-refractivity contribution is 5.52. The lowest BCUT2D eigenvalue weighted by Crippen LogP contribution is -2.16. The number of nitrogens with two attached hydrogens (primary N) is 1. The Morgan fingerprint density at radius 1 is 0.950 bits per heavy atom. The summed E-state index contributed by atoms with van der Waals surface area (Å²) in [5, 5.41) is 3.17. The molecule has 0 saturated heterocycles. The molecule has 2 rings (SSSR count). The van der Waals surface area contributed by atoms with Crippen LogP contribution in [0.1, 0.15) is 39.4 Å². The van der Waals surface area contributed by atoms with E-state index < -0.39 is 0 Å². The smallest absolute Gasteiger partial charge is 0.0557 e. The van der Waals surface area contributed by atoms with Crippen LogP contribution in [-0.2, 0) is 0 Å². The summed E-state index contributed by atoms with van der Waals surface area (Å²) in [5.74, 6) is 0. The lowest BCUT2D eigenvalue weighted by Gasteiger charge is -2.22. The molecule has 0 saturated carbocycles. The van der Waals surface area contributed by atoms with Gasteiger partial charge in [-0.15, -0.1) is 0 Å². The zero-order valence-corrected chi connectivity index (χ0v) is 13.0. The second-order valence-corrected chi connectivity index (χ2v) is 5.53. The van der Waals surface area contributed by atoms with E-state index in [0.29, 0.717) is 0 Å². The van der Waals surface area contributed by atoms with Gasteiger partial charge in [0, 0.05) is 12.7 Å². The van der Waals surface area contributed by atoms with Crippen molar-refractivity contribution in [3.05, 3.63) is 63.7 Å². The van der Waals surface area contributed by atoms with Gasteiger partial charge in [-0.1, -0.05) is 18.2 Å². The summed E-state index contributed by atoms with van der Waals surface area (Å²) in [6.45, 7) is 8.64. The standard InChI is InChI=1S/C18H24N2/c1-11-9-12(2)14(4)17(13(11)3)18(19)15-7-6-8-16(10-15)20-5/h6-10,18,20H,19H2,1-5H3. The van der Waals surface area contributed by atoms with Crippen molar-refractivity contribution >= 4 is 5.69 Å². The van der Waals surface area contributed by atoms with Crippen LogP contribution in [-0.4, -0.2) is 7.05 Å². The predicted octanol–water partition coefficient (Wildman–Crippen LogP) is 4.01. The van der Waals surface area contributed by atoms with Gasteiger partial charge in [0.15, 0.2) is 0 Å². The Balaban J connectivity index is 2.55. The Morgan fingerprint density at radius 3 is 2.10 bits per heavy atom. The van der Waals surface area contributed by atoms with Crippen LogP contribution in [0.3, 0.4) is 0 Å². The molecule has 0 aliphatic carbocycles. The molecule has 0 bridgehead atoms. The van der Waals surface area contributed by atoms with Crippen molar-refractivity contribution in [2.24, 2.45) is 5.73 Å². The summed E-state index contributed by atoms with van der Waals surface area (Å²) >= 11 is 0. The van der Waals surface area contributed by atoms with Crippen LogP contribution in [0.2, 0.25) is 0 Å². The molecule has 0 aliphatic rings. The van der Waals surface area contributed by atoms with Gasteiger partial charge in [0.2, 0.25) is 0 Å². The third-order valence-electron chi connectivity index (χ3n) is 4.27. The normalized spacial score (nSPS) is 12.3. The molecule has 0 radical (unpaired) electrons. The molecule has 0 amide bonds. The highest BCUT2D eigenvalue weighted by atomic mass is 14.8. The van der Waals surface area contributed by atoms with Crippen LogP contribution in [0.5, 0.6) is 0 Å². The summed E-state index contributed by atoms with van der Waals surface area (Å²) in [6, 6.07) is 10.5. The molecule has 1 unspecified atom stereocenters. The van der Waals surface area contributed by atoms with Crippen molar-refractivity contribution in [3.63, 3.8) is 0 Å². The summed E-state index contributed by atoms with van der Waals surface area (Å²) < 4.78 is 0. The Hall–Kier alpha value is -1.80. The van der Waals surface area contributed by atoms with Crippen molar-refractivity contribution in [1.82, 2.24) is 0 Å². The molecule has 3 N–H and O–H groups in total. The van der Waals surface area contributed by atoms with E-state index in [1.54, 1.807) is 0 Å². The third-order valence-corrected chi connectivity index (χ3v) is 4.27.